The van der Waals surface area contributed by atoms with Crippen molar-refractivity contribution in [3.8, 4) is 11.5 Å². The van der Waals surface area contributed by atoms with Crippen LogP contribution < -0.4 is 14.8 Å². The van der Waals surface area contributed by atoms with E-state index in [1.165, 1.54) is 5.56 Å². The molecule has 0 saturated carbocycles. The maximum Gasteiger partial charge on any atom is 0.227 e. The molecule has 7 nitrogen and oxygen atoms in total. The normalized spacial score (nSPS) is 17.0. The number of thioether (sulfide) groups is 1. The van der Waals surface area contributed by atoms with Gasteiger partial charge in [0.05, 0.1) is 6.61 Å². The zero-order valence-electron chi connectivity index (χ0n) is 20.3. The number of ether oxygens (including phenoxy) is 2. The Balaban J connectivity index is 1.52. The number of Topliss-reactive ketones (excluding diaryl/α,β-unsaturated/α-hetero) is 1. The number of aromatic nitrogens is 3. The van der Waals surface area contributed by atoms with Crippen LogP contribution in [0.15, 0.2) is 58.9 Å². The first-order valence-electron chi connectivity index (χ1n) is 12.1. The van der Waals surface area contributed by atoms with Crippen LogP contribution in [0.1, 0.15) is 55.8 Å². The first kappa shape index (κ1) is 23.5. The first-order chi connectivity index (χ1) is 17.1. The highest BCUT2D eigenvalue weighted by atomic mass is 32.2. The average Bonchev–Trinajstić information content (AvgIpc) is 3.24. The van der Waals surface area contributed by atoms with Crippen molar-refractivity contribution in [2.45, 2.75) is 57.8 Å². The molecule has 1 unspecified atom stereocenters. The van der Waals surface area contributed by atoms with E-state index in [4.69, 9.17) is 14.6 Å². The van der Waals surface area contributed by atoms with Crippen LogP contribution in [0.2, 0.25) is 0 Å². The minimum atomic E-state index is -0.349. The summed E-state index contributed by atoms with van der Waals surface area (Å²) in [5.74, 6) is 3.05. The minimum absolute atomic E-state index is 0.160. The van der Waals surface area contributed by atoms with E-state index in [2.05, 4.69) is 42.3 Å². The second-order valence-electron chi connectivity index (χ2n) is 8.71. The Labute approximate surface area is 209 Å². The summed E-state index contributed by atoms with van der Waals surface area (Å²) in [6.45, 7) is 7.06. The van der Waals surface area contributed by atoms with E-state index in [0.717, 1.165) is 41.0 Å². The third kappa shape index (κ3) is 4.80. The number of rotatable bonds is 8. The second-order valence-corrected chi connectivity index (χ2v) is 9.94. The van der Waals surface area contributed by atoms with Gasteiger partial charge in [-0.05, 0) is 55.7 Å². The molecule has 0 saturated heterocycles. The summed E-state index contributed by atoms with van der Waals surface area (Å²) in [7, 11) is 0. The lowest BCUT2D eigenvalue weighted by molar-refractivity contribution is -0.116. The first-order valence-corrected chi connectivity index (χ1v) is 13.1. The molecule has 35 heavy (non-hydrogen) atoms. The van der Waals surface area contributed by atoms with Crippen molar-refractivity contribution in [1.29, 1.82) is 0 Å². The maximum atomic E-state index is 13.1. The van der Waals surface area contributed by atoms with Crippen LogP contribution in [0.25, 0.3) is 0 Å². The molecular formula is C27H30N4O3S. The summed E-state index contributed by atoms with van der Waals surface area (Å²) < 4.78 is 14.0. The summed E-state index contributed by atoms with van der Waals surface area (Å²) >= 11 is 1.59. The predicted molar refractivity (Wildman–Crippen MR) is 137 cm³/mol. The van der Waals surface area contributed by atoms with Gasteiger partial charge < -0.3 is 14.8 Å². The highest BCUT2D eigenvalue weighted by Gasteiger charge is 2.37. The number of nitrogens with one attached hydrogen (secondary N) is 1. The Bertz CT molecular complexity index is 1280. The number of fused-ring (bicyclic) bond motifs is 1. The lowest BCUT2D eigenvalue weighted by Crippen LogP contribution is -2.31. The minimum Gasteiger partial charge on any atom is -0.490 e. The third-order valence-electron chi connectivity index (χ3n) is 6.18. The van der Waals surface area contributed by atoms with E-state index in [1.54, 1.807) is 11.8 Å². The summed E-state index contributed by atoms with van der Waals surface area (Å²) in [6, 6.07) is 13.8. The van der Waals surface area contributed by atoms with E-state index in [-0.39, 0.29) is 11.8 Å². The lowest BCUT2D eigenvalue weighted by Gasteiger charge is -2.32. The number of anilines is 1. The Morgan fingerprint density at radius 1 is 1.11 bits per heavy atom. The van der Waals surface area contributed by atoms with E-state index in [9.17, 15) is 4.79 Å². The quantitative estimate of drug-likeness (QED) is 0.406. The van der Waals surface area contributed by atoms with Gasteiger partial charge in [-0.1, -0.05) is 54.6 Å². The van der Waals surface area contributed by atoms with Gasteiger partial charge in [0.25, 0.3) is 0 Å². The fraction of sp³-hybridized carbons (Fsp3) is 0.370. The van der Waals surface area contributed by atoms with Crippen LogP contribution >= 0.6 is 11.8 Å². The lowest BCUT2D eigenvalue weighted by atomic mass is 9.85. The molecule has 1 aromatic heterocycles. The molecule has 2 heterocycles. The van der Waals surface area contributed by atoms with Gasteiger partial charge in [0.15, 0.2) is 17.3 Å². The number of hydrogen-bond acceptors (Lipinski definition) is 7. The van der Waals surface area contributed by atoms with Crippen LogP contribution in [0.3, 0.4) is 0 Å². The Morgan fingerprint density at radius 3 is 2.80 bits per heavy atom. The second kappa shape index (κ2) is 10.2. The third-order valence-corrected chi connectivity index (χ3v) is 6.90. The molecule has 0 spiro atoms. The van der Waals surface area contributed by atoms with Gasteiger partial charge in [0.1, 0.15) is 12.6 Å². The van der Waals surface area contributed by atoms with Gasteiger partial charge in [0, 0.05) is 17.7 Å². The topological polar surface area (TPSA) is 78.3 Å². The molecule has 0 radical (unpaired) electrons. The largest absolute Gasteiger partial charge is 0.490 e. The number of nitrogens with zero attached hydrogens (tertiary/aromatic N) is 3. The van der Waals surface area contributed by atoms with Crippen molar-refractivity contribution in [3.05, 3.63) is 70.4 Å². The van der Waals surface area contributed by atoms with Crippen LogP contribution in [0.4, 0.5) is 5.95 Å². The molecular weight excluding hydrogens is 460 g/mol. The standard InChI is InChI=1S/C27H30N4O3S/c1-4-33-23-15-19(12-13-22(23)34-16-18-9-6-8-17(3)14-18)25-24-20(10-7-11-21(24)32)28-26-29-27(35-5-2)30-31(25)26/h6,8-9,12-15,25H,4-5,7,10-11,16H2,1-3H3,(H,28,29,30). The van der Waals surface area contributed by atoms with Crippen LogP contribution in [-0.4, -0.2) is 32.9 Å². The maximum absolute atomic E-state index is 13.1. The summed E-state index contributed by atoms with van der Waals surface area (Å²) in [5.41, 5.74) is 4.96. The van der Waals surface area contributed by atoms with Gasteiger partial charge in [-0.25, -0.2) is 4.68 Å². The predicted octanol–water partition coefficient (Wildman–Crippen LogP) is 5.70. The van der Waals surface area contributed by atoms with Crippen molar-refractivity contribution in [2.24, 2.45) is 0 Å². The van der Waals surface area contributed by atoms with Gasteiger partial charge >= 0.3 is 0 Å². The summed E-state index contributed by atoms with van der Waals surface area (Å²) in [4.78, 5) is 17.8. The van der Waals surface area contributed by atoms with E-state index >= 15 is 0 Å². The number of benzene rings is 2. The molecule has 8 heteroatoms. The molecule has 1 aliphatic carbocycles. The van der Waals surface area contributed by atoms with Crippen molar-refractivity contribution in [3.63, 3.8) is 0 Å². The zero-order chi connectivity index (χ0) is 24.4. The van der Waals surface area contributed by atoms with Gasteiger partial charge in [0.2, 0.25) is 11.1 Å². The molecule has 1 aliphatic heterocycles. The number of ketones is 1. The van der Waals surface area contributed by atoms with Gasteiger partial charge in [-0.3, -0.25) is 4.79 Å². The highest BCUT2D eigenvalue weighted by molar-refractivity contribution is 7.99. The highest BCUT2D eigenvalue weighted by Crippen LogP contribution is 2.42. The Kier molecular flexibility index (Phi) is 6.81. The molecule has 5 rings (SSSR count). The van der Waals surface area contributed by atoms with Crippen LogP contribution in [0.5, 0.6) is 11.5 Å². The zero-order valence-corrected chi connectivity index (χ0v) is 21.2. The van der Waals surface area contributed by atoms with Crippen molar-refractivity contribution in [1.82, 2.24) is 14.8 Å². The van der Waals surface area contributed by atoms with Crippen molar-refractivity contribution < 1.29 is 14.3 Å². The summed E-state index contributed by atoms with van der Waals surface area (Å²) in [5, 5.41) is 8.84. The molecule has 182 valence electrons. The number of carbonyl (C=O) groups excluding carboxylic acids is 1. The molecule has 2 aromatic carbocycles. The Hall–Kier alpha value is -3.26. The van der Waals surface area contributed by atoms with Crippen molar-refractivity contribution >= 4 is 23.5 Å². The fourth-order valence-electron chi connectivity index (χ4n) is 4.68. The number of allylic oxidation sites excluding steroid dienone is 2. The van der Waals surface area contributed by atoms with Crippen LogP contribution in [0, 0.1) is 6.92 Å². The molecule has 1 N–H and O–H groups in total. The SMILES string of the molecule is CCOc1cc(C2C3=C(CCCC3=O)Nc3nc(SCC)nn32)ccc1OCc1cccc(C)c1. The molecule has 0 amide bonds. The molecule has 2 aliphatic rings. The fourth-order valence-corrected chi connectivity index (χ4v) is 5.24. The molecule has 0 fully saturated rings. The van der Waals surface area contributed by atoms with Crippen molar-refractivity contribution in [2.75, 3.05) is 17.7 Å². The van der Waals surface area contributed by atoms with E-state index < -0.39 is 0 Å². The van der Waals surface area contributed by atoms with Gasteiger partial charge in [-0.2, -0.15) is 4.98 Å². The van der Waals surface area contributed by atoms with E-state index in [1.807, 2.05) is 35.9 Å². The Morgan fingerprint density at radius 2 is 2.00 bits per heavy atom. The van der Waals surface area contributed by atoms with Crippen LogP contribution in [-0.2, 0) is 11.4 Å². The number of hydrogen-bond donors (Lipinski definition) is 1. The number of aryl methyl sites for hydroxylation is 1. The average molecular weight is 491 g/mol. The monoisotopic (exact) mass is 490 g/mol. The summed E-state index contributed by atoms with van der Waals surface area (Å²) in [6.07, 6.45) is 2.22. The molecule has 1 atom stereocenters. The number of carbonyl (C=O) groups is 1. The smallest absolute Gasteiger partial charge is 0.227 e. The molecule has 0 bridgehead atoms. The van der Waals surface area contributed by atoms with E-state index in [0.29, 0.717) is 42.2 Å². The molecule has 3 aromatic rings. The van der Waals surface area contributed by atoms with Gasteiger partial charge in [-0.15, -0.1) is 5.10 Å².